The summed E-state index contributed by atoms with van der Waals surface area (Å²) in [5.74, 6) is 0.929. The van der Waals surface area contributed by atoms with E-state index >= 15 is 0 Å². The number of hydrogen-bond donors (Lipinski definition) is 0. The summed E-state index contributed by atoms with van der Waals surface area (Å²) in [6, 6.07) is 2.12. The number of aryl methyl sites for hydroxylation is 2. The summed E-state index contributed by atoms with van der Waals surface area (Å²) in [6.07, 6.45) is 6.20. The lowest BCUT2D eigenvalue weighted by molar-refractivity contribution is -0.133. The molecule has 3 rings (SSSR count). The van der Waals surface area contributed by atoms with Crippen LogP contribution in [-0.2, 0) is 11.2 Å². The smallest absolute Gasteiger partial charge is 0.316 e. The number of carbonyl (C=O) groups is 1. The summed E-state index contributed by atoms with van der Waals surface area (Å²) in [7, 11) is 0. The maximum absolute atomic E-state index is 12.5. The van der Waals surface area contributed by atoms with Crippen LogP contribution in [0.5, 0.6) is 6.01 Å². The van der Waals surface area contributed by atoms with Gasteiger partial charge < -0.3 is 14.2 Å². The molecule has 0 radical (unpaired) electrons. The molecule has 0 spiro atoms. The summed E-state index contributed by atoms with van der Waals surface area (Å²) in [6.45, 7) is 5.14. The minimum absolute atomic E-state index is 0.0517. The topological polar surface area (TPSA) is 81.4 Å². The van der Waals surface area contributed by atoms with Crippen LogP contribution in [-0.4, -0.2) is 45.1 Å². The predicted molar refractivity (Wildman–Crippen MR) is 86.6 cm³/mol. The Kier molecular flexibility index (Phi) is 5.08. The number of amides is 1. The first kappa shape index (κ1) is 16.4. The van der Waals surface area contributed by atoms with Gasteiger partial charge in [0.05, 0.1) is 12.2 Å². The van der Waals surface area contributed by atoms with E-state index in [0.717, 1.165) is 36.4 Å². The summed E-state index contributed by atoms with van der Waals surface area (Å²) in [5.41, 5.74) is 1.90. The first-order valence-electron chi connectivity index (χ1n) is 8.26. The zero-order valence-corrected chi connectivity index (χ0v) is 14.1. The Labute approximate surface area is 141 Å². The van der Waals surface area contributed by atoms with Gasteiger partial charge in [-0.3, -0.25) is 4.79 Å². The van der Waals surface area contributed by atoms with Gasteiger partial charge in [-0.25, -0.2) is 9.97 Å². The molecule has 0 bridgehead atoms. The van der Waals surface area contributed by atoms with E-state index in [9.17, 15) is 4.79 Å². The lowest BCUT2D eigenvalue weighted by atomic mass is 10.1. The largest absolute Gasteiger partial charge is 0.458 e. The zero-order valence-electron chi connectivity index (χ0n) is 14.1. The van der Waals surface area contributed by atoms with Crippen molar-refractivity contribution >= 4 is 5.91 Å². The third-order valence-electron chi connectivity index (χ3n) is 4.32. The first-order valence-corrected chi connectivity index (χ1v) is 8.26. The summed E-state index contributed by atoms with van der Waals surface area (Å²) in [5, 5.41) is 3.93. The molecule has 1 amide bonds. The maximum Gasteiger partial charge on any atom is 0.316 e. The van der Waals surface area contributed by atoms with Crippen LogP contribution in [0.15, 0.2) is 23.0 Å². The van der Waals surface area contributed by atoms with E-state index in [0.29, 0.717) is 25.4 Å². The van der Waals surface area contributed by atoms with Gasteiger partial charge in [0.25, 0.3) is 0 Å². The second-order valence-corrected chi connectivity index (χ2v) is 6.06. The maximum atomic E-state index is 12.5. The molecule has 0 unspecified atom stereocenters. The Morgan fingerprint density at radius 2 is 2.17 bits per heavy atom. The molecule has 128 valence electrons. The van der Waals surface area contributed by atoms with Crippen LogP contribution in [0.25, 0.3) is 0 Å². The molecule has 0 N–H and O–H groups in total. The fourth-order valence-corrected chi connectivity index (χ4v) is 3.01. The highest BCUT2D eigenvalue weighted by molar-refractivity contribution is 5.76. The van der Waals surface area contributed by atoms with Gasteiger partial charge >= 0.3 is 6.01 Å². The molecule has 1 aliphatic heterocycles. The molecule has 0 aliphatic carbocycles. The van der Waals surface area contributed by atoms with Gasteiger partial charge in [-0.05, 0) is 39.2 Å². The highest BCUT2D eigenvalue weighted by atomic mass is 16.5. The SMILES string of the molecule is Cc1noc(C)c1CCC(=O)N1CCC[C@H](Oc2ncccn2)C1. The normalized spacial score (nSPS) is 17.8. The molecular formula is C17H22N4O3. The third-order valence-corrected chi connectivity index (χ3v) is 4.32. The van der Waals surface area contributed by atoms with Crippen molar-refractivity contribution < 1.29 is 14.1 Å². The van der Waals surface area contributed by atoms with Crippen molar-refractivity contribution in [3.05, 3.63) is 35.5 Å². The van der Waals surface area contributed by atoms with Crippen molar-refractivity contribution in [2.45, 2.75) is 45.6 Å². The monoisotopic (exact) mass is 330 g/mol. The molecular weight excluding hydrogens is 308 g/mol. The Morgan fingerprint density at radius 1 is 1.38 bits per heavy atom. The fraction of sp³-hybridized carbons (Fsp3) is 0.529. The molecule has 7 heteroatoms. The molecule has 0 saturated carbocycles. The second-order valence-electron chi connectivity index (χ2n) is 6.06. The second kappa shape index (κ2) is 7.42. The number of carbonyl (C=O) groups excluding carboxylic acids is 1. The highest BCUT2D eigenvalue weighted by Crippen LogP contribution is 2.18. The van der Waals surface area contributed by atoms with Gasteiger partial charge in [0.1, 0.15) is 11.9 Å². The molecule has 1 atom stereocenters. The number of piperidine rings is 1. The zero-order chi connectivity index (χ0) is 16.9. The molecule has 1 saturated heterocycles. The highest BCUT2D eigenvalue weighted by Gasteiger charge is 2.25. The molecule has 1 aliphatic rings. The van der Waals surface area contributed by atoms with E-state index in [1.54, 1.807) is 18.5 Å². The van der Waals surface area contributed by atoms with Crippen LogP contribution in [0.2, 0.25) is 0 Å². The Morgan fingerprint density at radius 3 is 2.88 bits per heavy atom. The van der Waals surface area contributed by atoms with Crippen molar-refractivity contribution in [1.82, 2.24) is 20.0 Å². The van der Waals surface area contributed by atoms with E-state index in [4.69, 9.17) is 9.26 Å². The Hall–Kier alpha value is -2.44. The van der Waals surface area contributed by atoms with Crippen LogP contribution in [0.3, 0.4) is 0 Å². The Bertz CT molecular complexity index is 667. The van der Waals surface area contributed by atoms with E-state index in [1.165, 1.54) is 0 Å². The number of aromatic nitrogens is 3. The summed E-state index contributed by atoms with van der Waals surface area (Å²) < 4.78 is 10.9. The number of likely N-dealkylation sites (tertiary alicyclic amines) is 1. The quantitative estimate of drug-likeness (QED) is 0.835. The number of nitrogens with zero attached hydrogens (tertiary/aromatic N) is 4. The van der Waals surface area contributed by atoms with Gasteiger partial charge in [0.2, 0.25) is 5.91 Å². The van der Waals surface area contributed by atoms with Gasteiger partial charge in [0.15, 0.2) is 0 Å². The fourth-order valence-electron chi connectivity index (χ4n) is 3.01. The minimum atomic E-state index is -0.0517. The van der Waals surface area contributed by atoms with Crippen molar-refractivity contribution in [3.8, 4) is 6.01 Å². The average Bonchev–Trinajstić information content (AvgIpc) is 2.92. The van der Waals surface area contributed by atoms with Crippen LogP contribution in [0.4, 0.5) is 0 Å². The lowest BCUT2D eigenvalue weighted by Crippen LogP contribution is -2.44. The van der Waals surface area contributed by atoms with Gasteiger partial charge in [-0.2, -0.15) is 0 Å². The van der Waals surface area contributed by atoms with E-state index < -0.39 is 0 Å². The Balaban J connectivity index is 1.53. The summed E-state index contributed by atoms with van der Waals surface area (Å²) >= 11 is 0. The van der Waals surface area contributed by atoms with Gasteiger partial charge in [-0.1, -0.05) is 5.16 Å². The van der Waals surface area contributed by atoms with Crippen molar-refractivity contribution in [1.29, 1.82) is 0 Å². The standard InChI is InChI=1S/C17H22N4O3/c1-12-15(13(2)24-20-12)6-7-16(22)21-10-3-5-14(11-21)23-17-18-8-4-9-19-17/h4,8-9,14H,3,5-7,10-11H2,1-2H3/t14-/m0/s1. The molecule has 1 fully saturated rings. The van der Waals surface area contributed by atoms with E-state index in [2.05, 4.69) is 15.1 Å². The molecule has 24 heavy (non-hydrogen) atoms. The number of hydrogen-bond acceptors (Lipinski definition) is 6. The third kappa shape index (κ3) is 3.90. The minimum Gasteiger partial charge on any atom is -0.458 e. The number of rotatable bonds is 5. The molecule has 0 aromatic carbocycles. The van der Waals surface area contributed by atoms with Gasteiger partial charge in [0, 0.05) is 30.9 Å². The van der Waals surface area contributed by atoms with Gasteiger partial charge in [-0.15, -0.1) is 0 Å². The molecule has 2 aromatic heterocycles. The number of ether oxygens (including phenoxy) is 1. The summed E-state index contributed by atoms with van der Waals surface area (Å²) in [4.78, 5) is 22.5. The molecule has 7 nitrogen and oxygen atoms in total. The van der Waals surface area contributed by atoms with E-state index in [1.807, 2.05) is 18.7 Å². The van der Waals surface area contributed by atoms with Crippen molar-refractivity contribution in [2.24, 2.45) is 0 Å². The van der Waals surface area contributed by atoms with Crippen LogP contribution in [0, 0.1) is 13.8 Å². The molecule has 2 aromatic rings. The molecule has 3 heterocycles. The van der Waals surface area contributed by atoms with Crippen LogP contribution < -0.4 is 4.74 Å². The van der Waals surface area contributed by atoms with Crippen LogP contribution in [0.1, 0.15) is 36.3 Å². The van der Waals surface area contributed by atoms with Crippen molar-refractivity contribution in [2.75, 3.05) is 13.1 Å². The van der Waals surface area contributed by atoms with Crippen LogP contribution >= 0.6 is 0 Å². The predicted octanol–water partition coefficient (Wildman–Crippen LogP) is 2.08. The van der Waals surface area contributed by atoms with Crippen molar-refractivity contribution in [3.63, 3.8) is 0 Å². The first-order chi connectivity index (χ1) is 11.6. The lowest BCUT2D eigenvalue weighted by Gasteiger charge is -2.32. The van der Waals surface area contributed by atoms with E-state index in [-0.39, 0.29) is 12.0 Å². The average molecular weight is 330 g/mol.